The maximum Gasteiger partial charge on any atom is 0.305 e. The highest BCUT2D eigenvalue weighted by Crippen LogP contribution is 2.58. The maximum atomic E-state index is 7.01. The van der Waals surface area contributed by atoms with Crippen LogP contribution in [0, 0.1) is 0 Å². The molecule has 0 aliphatic carbocycles. The number of hydrogen-bond donors (Lipinski definition) is 0. The molecule has 0 nitrogen and oxygen atoms in total. The number of rotatable bonds is 14. The smallest absolute Gasteiger partial charge is 0.182 e. The summed E-state index contributed by atoms with van der Waals surface area (Å²) in [6, 6.07) is 0. The van der Waals surface area contributed by atoms with Gasteiger partial charge < -0.3 is 0 Å². The van der Waals surface area contributed by atoms with E-state index in [2.05, 4.69) is 27.7 Å². The summed E-state index contributed by atoms with van der Waals surface area (Å²) in [5, 5.41) is 0. The van der Waals surface area contributed by atoms with Crippen LogP contribution in [0.25, 0.3) is 0 Å². The van der Waals surface area contributed by atoms with E-state index in [0.717, 1.165) is 0 Å². The summed E-state index contributed by atoms with van der Waals surface area (Å²) in [5.41, 5.74) is 0.552. The van der Waals surface area contributed by atoms with Crippen LogP contribution >= 0.6 is 27.1 Å². The van der Waals surface area contributed by atoms with Crippen LogP contribution in [0.2, 0.25) is 0 Å². The highest BCUT2D eigenvalue weighted by atomic mass is 35.5. The summed E-state index contributed by atoms with van der Waals surface area (Å²) in [4.78, 5) is 0. The van der Waals surface area contributed by atoms with Crippen molar-refractivity contribution in [1.82, 2.24) is 0 Å². The molecule has 0 bridgehead atoms. The fourth-order valence-corrected chi connectivity index (χ4v) is 10.9. The summed E-state index contributed by atoms with van der Waals surface area (Å²) < 4.78 is 0. The predicted molar refractivity (Wildman–Crippen MR) is 105 cm³/mol. The second-order valence-corrected chi connectivity index (χ2v) is 12.4. The molecule has 0 aliphatic heterocycles. The van der Waals surface area contributed by atoms with E-state index in [1.807, 2.05) is 0 Å². The monoisotopic (exact) mass is 336 g/mol. The van der Waals surface area contributed by atoms with Crippen LogP contribution in [0.5, 0.6) is 0 Å². The molecule has 20 heavy (non-hydrogen) atoms. The fourth-order valence-electron chi connectivity index (χ4n) is 2.33. The quantitative estimate of drug-likeness (QED) is 0.229. The summed E-state index contributed by atoms with van der Waals surface area (Å²) in [6.45, 7) is 9.25. The molecule has 0 aromatic heterocycles. The largest absolute Gasteiger partial charge is 0.305 e. The molecule has 0 aliphatic rings. The van der Waals surface area contributed by atoms with Crippen LogP contribution in [-0.4, -0.2) is 30.2 Å². The van der Waals surface area contributed by atoms with E-state index >= 15 is 0 Å². The van der Waals surface area contributed by atoms with Crippen LogP contribution < -0.4 is 0 Å². The van der Waals surface area contributed by atoms with E-state index in [1.54, 1.807) is 0 Å². The Morgan fingerprint density at radius 2 is 0.850 bits per heavy atom. The Kier molecular flexibility index (Phi) is 16.0. The van der Waals surface area contributed by atoms with Gasteiger partial charge in [0.1, 0.15) is 0 Å². The van der Waals surface area contributed by atoms with Gasteiger partial charge in [-0.3, -0.25) is 0 Å². The van der Waals surface area contributed by atoms with Crippen molar-refractivity contribution in [3.63, 3.8) is 0 Å². The molecule has 0 atom stereocenters. The van der Waals surface area contributed by atoms with Crippen molar-refractivity contribution in [2.45, 2.75) is 79.1 Å². The van der Waals surface area contributed by atoms with E-state index in [4.69, 9.17) is 11.5 Å². The number of halogens is 1. The van der Waals surface area contributed by atoms with Crippen molar-refractivity contribution in [3.05, 3.63) is 0 Å². The fraction of sp³-hybridized carbons (Fsp3) is 1.00. The zero-order valence-corrected chi connectivity index (χ0v) is 16.9. The Bertz CT molecular complexity index is 169. The highest BCUT2D eigenvalue weighted by molar-refractivity contribution is 8.26. The van der Waals surface area contributed by atoms with Gasteiger partial charge in [0.05, 0.1) is 0 Å². The first-order valence-corrected chi connectivity index (χ1v) is 12.8. The molecule has 0 heterocycles. The van der Waals surface area contributed by atoms with E-state index in [-0.39, 0.29) is 15.6 Å². The molecule has 120 valence electrons. The lowest BCUT2D eigenvalue weighted by Gasteiger charge is -2.28. The maximum absolute atomic E-state index is 7.01. The van der Waals surface area contributed by atoms with E-state index in [1.165, 1.54) is 76.0 Å². The van der Waals surface area contributed by atoms with Gasteiger partial charge in [0, 0.05) is 0 Å². The third kappa shape index (κ3) is 10.0. The summed E-state index contributed by atoms with van der Waals surface area (Å²) in [5.74, 6) is 0. The first-order valence-electron chi connectivity index (χ1n) is 8.83. The van der Waals surface area contributed by atoms with Gasteiger partial charge in [0.25, 0.3) is 0 Å². The SMILES string of the molecule is CCCCP(CCCC)B(Cl)P(CCCC)CCCC. The van der Waals surface area contributed by atoms with Crippen LogP contribution in [0.15, 0.2) is 0 Å². The third-order valence-corrected chi connectivity index (χ3v) is 12.2. The van der Waals surface area contributed by atoms with Gasteiger partial charge in [-0.1, -0.05) is 79.1 Å². The van der Waals surface area contributed by atoms with Gasteiger partial charge in [0.2, 0.25) is 0 Å². The molecule has 0 N–H and O–H groups in total. The van der Waals surface area contributed by atoms with Crippen LogP contribution in [-0.2, 0) is 0 Å². The van der Waals surface area contributed by atoms with E-state index < -0.39 is 0 Å². The average Bonchev–Trinajstić information content (AvgIpc) is 2.47. The van der Waals surface area contributed by atoms with E-state index in [9.17, 15) is 0 Å². The second kappa shape index (κ2) is 15.1. The Hall–Kier alpha value is 1.21. The van der Waals surface area contributed by atoms with Crippen molar-refractivity contribution in [2.24, 2.45) is 0 Å². The predicted octanol–water partition coefficient (Wildman–Crippen LogP) is 7.37. The normalized spacial score (nSPS) is 11.6. The molecule has 0 aromatic rings. The molecule has 0 saturated heterocycles. The van der Waals surface area contributed by atoms with Crippen molar-refractivity contribution in [1.29, 1.82) is 0 Å². The van der Waals surface area contributed by atoms with E-state index in [0.29, 0.717) is 5.57 Å². The zero-order valence-electron chi connectivity index (χ0n) is 14.3. The average molecular weight is 337 g/mol. The first kappa shape index (κ1) is 21.2. The van der Waals surface area contributed by atoms with Crippen molar-refractivity contribution < 1.29 is 0 Å². The van der Waals surface area contributed by atoms with Crippen molar-refractivity contribution >= 4 is 32.6 Å². The lowest BCUT2D eigenvalue weighted by atomic mass is 10.4. The molecule has 0 unspecified atom stereocenters. The Morgan fingerprint density at radius 1 is 0.600 bits per heavy atom. The molecule has 0 aromatic carbocycles. The minimum absolute atomic E-state index is 0.0881. The van der Waals surface area contributed by atoms with Gasteiger partial charge in [-0.05, 0) is 24.6 Å². The van der Waals surface area contributed by atoms with Gasteiger partial charge in [-0.2, -0.15) is 11.5 Å². The number of unbranched alkanes of at least 4 members (excludes halogenated alkanes) is 4. The summed E-state index contributed by atoms with van der Waals surface area (Å²) >= 11 is 7.01. The summed E-state index contributed by atoms with van der Waals surface area (Å²) in [6.07, 6.45) is 16.6. The van der Waals surface area contributed by atoms with Gasteiger partial charge in [0.15, 0.2) is 0 Å². The minimum atomic E-state index is 0.0881. The molecule has 0 fully saturated rings. The van der Waals surface area contributed by atoms with Crippen molar-refractivity contribution in [2.75, 3.05) is 24.6 Å². The standard InChI is InChI=1S/C16H36BClP2/c1-5-9-13-19(14-10-6-2)17(18)20(15-11-7-3)16-12-8-4/h5-16H2,1-4H3. The van der Waals surface area contributed by atoms with Gasteiger partial charge >= 0.3 is 5.57 Å². The molecular weight excluding hydrogens is 300 g/mol. The first-order chi connectivity index (χ1) is 9.71. The van der Waals surface area contributed by atoms with Crippen LogP contribution in [0.3, 0.4) is 0 Å². The third-order valence-electron chi connectivity index (χ3n) is 3.80. The Labute approximate surface area is 136 Å². The molecule has 0 saturated carbocycles. The Morgan fingerprint density at radius 3 is 1.05 bits per heavy atom. The summed E-state index contributed by atoms with van der Waals surface area (Å²) in [7, 11) is 0.176. The highest BCUT2D eigenvalue weighted by Gasteiger charge is 2.29. The molecule has 4 heteroatoms. The topological polar surface area (TPSA) is 0 Å². The zero-order chi connectivity index (χ0) is 15.2. The van der Waals surface area contributed by atoms with Gasteiger partial charge in [-0.25, -0.2) is 0 Å². The molecule has 0 amide bonds. The molecule has 0 radical (unpaired) electrons. The Balaban J connectivity index is 4.49. The number of hydrogen-bond acceptors (Lipinski definition) is 0. The second-order valence-electron chi connectivity index (χ2n) is 5.80. The lowest BCUT2D eigenvalue weighted by molar-refractivity contribution is 0.870. The molecule has 0 spiro atoms. The van der Waals surface area contributed by atoms with Gasteiger partial charge in [-0.15, -0.1) is 15.6 Å². The molecule has 0 rings (SSSR count). The van der Waals surface area contributed by atoms with Crippen molar-refractivity contribution in [3.8, 4) is 0 Å². The van der Waals surface area contributed by atoms with Crippen LogP contribution in [0.4, 0.5) is 0 Å². The minimum Gasteiger partial charge on any atom is -0.182 e. The van der Waals surface area contributed by atoms with Crippen LogP contribution in [0.1, 0.15) is 79.1 Å². The molecular formula is C16H36BClP2. The lowest BCUT2D eigenvalue weighted by Crippen LogP contribution is -2.11.